The summed E-state index contributed by atoms with van der Waals surface area (Å²) in [6.45, 7) is 3.57. The fraction of sp³-hybridized carbons (Fsp3) is 0.571. The van der Waals surface area contributed by atoms with E-state index < -0.39 is 9.84 Å². The van der Waals surface area contributed by atoms with Crippen LogP contribution in [0.4, 0.5) is 0 Å². The van der Waals surface area contributed by atoms with Crippen molar-refractivity contribution in [3.05, 3.63) is 42.4 Å². The van der Waals surface area contributed by atoms with Gasteiger partial charge in [-0.2, -0.15) is 0 Å². The van der Waals surface area contributed by atoms with Gasteiger partial charge in [-0.05, 0) is 56.9 Å². The quantitative estimate of drug-likeness (QED) is 0.690. The van der Waals surface area contributed by atoms with Crippen LogP contribution in [-0.2, 0) is 16.3 Å². The SMILES string of the molecule is CC(C)S(=O)(=O)CC1CCC(CCc2ccc(-c3cnco3)cc2)CC1. The molecule has 1 saturated carbocycles. The third-order valence-electron chi connectivity index (χ3n) is 5.66. The van der Waals surface area contributed by atoms with Crippen molar-refractivity contribution in [2.75, 3.05) is 5.75 Å². The molecule has 0 unspecified atom stereocenters. The van der Waals surface area contributed by atoms with E-state index in [4.69, 9.17) is 4.42 Å². The van der Waals surface area contributed by atoms with Gasteiger partial charge in [-0.3, -0.25) is 0 Å². The maximum atomic E-state index is 12.1. The van der Waals surface area contributed by atoms with Crippen molar-refractivity contribution >= 4 is 9.84 Å². The fourth-order valence-electron chi connectivity index (χ4n) is 3.77. The first-order valence-corrected chi connectivity index (χ1v) is 11.3. The highest BCUT2D eigenvalue weighted by Gasteiger charge is 2.27. The summed E-state index contributed by atoms with van der Waals surface area (Å²) in [5.41, 5.74) is 2.40. The van der Waals surface area contributed by atoms with Crippen molar-refractivity contribution in [1.82, 2.24) is 4.98 Å². The van der Waals surface area contributed by atoms with E-state index in [2.05, 4.69) is 29.2 Å². The van der Waals surface area contributed by atoms with Crippen LogP contribution in [0.15, 0.2) is 41.3 Å². The predicted molar refractivity (Wildman–Crippen MR) is 105 cm³/mol. The number of hydrogen-bond donors (Lipinski definition) is 0. The lowest BCUT2D eigenvalue weighted by atomic mass is 9.80. The summed E-state index contributed by atoms with van der Waals surface area (Å²) in [5, 5.41) is -0.250. The summed E-state index contributed by atoms with van der Waals surface area (Å²) < 4.78 is 29.5. The highest BCUT2D eigenvalue weighted by molar-refractivity contribution is 7.91. The molecule has 1 fully saturated rings. The Balaban J connectivity index is 1.44. The lowest BCUT2D eigenvalue weighted by molar-refractivity contribution is 0.278. The summed E-state index contributed by atoms with van der Waals surface area (Å²) in [5.74, 6) is 2.26. The molecule has 4 nitrogen and oxygen atoms in total. The van der Waals surface area contributed by atoms with Crippen LogP contribution in [0.25, 0.3) is 11.3 Å². The summed E-state index contributed by atoms with van der Waals surface area (Å²) in [6, 6.07) is 8.50. The van der Waals surface area contributed by atoms with Crippen LogP contribution in [0, 0.1) is 11.8 Å². The second-order valence-electron chi connectivity index (χ2n) is 7.87. The molecule has 0 radical (unpaired) electrons. The Morgan fingerprint density at radius 3 is 2.31 bits per heavy atom. The topological polar surface area (TPSA) is 60.2 Å². The number of aromatic nitrogens is 1. The molecule has 1 aliphatic rings. The van der Waals surface area contributed by atoms with Gasteiger partial charge in [-0.15, -0.1) is 0 Å². The zero-order valence-electron chi connectivity index (χ0n) is 15.7. The highest BCUT2D eigenvalue weighted by atomic mass is 32.2. The van der Waals surface area contributed by atoms with Crippen LogP contribution in [0.3, 0.4) is 0 Å². The van der Waals surface area contributed by atoms with Crippen molar-refractivity contribution < 1.29 is 12.8 Å². The molecule has 1 aromatic heterocycles. The Labute approximate surface area is 157 Å². The summed E-state index contributed by atoms with van der Waals surface area (Å²) in [4.78, 5) is 3.95. The van der Waals surface area contributed by atoms with E-state index in [1.165, 1.54) is 18.4 Å². The Kier molecular flexibility index (Phi) is 6.17. The van der Waals surface area contributed by atoms with Crippen LogP contribution < -0.4 is 0 Å². The predicted octanol–water partition coefficient (Wildman–Crippen LogP) is 4.90. The molecule has 5 heteroatoms. The molecule has 142 valence electrons. The summed E-state index contributed by atoms with van der Waals surface area (Å²) in [7, 11) is -2.91. The molecule has 0 atom stereocenters. The molecule has 1 aliphatic carbocycles. The van der Waals surface area contributed by atoms with Crippen LogP contribution in [0.1, 0.15) is 51.5 Å². The third-order valence-corrected chi connectivity index (χ3v) is 8.04. The smallest absolute Gasteiger partial charge is 0.181 e. The average Bonchev–Trinajstić information content (AvgIpc) is 3.16. The number of benzene rings is 1. The maximum absolute atomic E-state index is 12.1. The lowest BCUT2D eigenvalue weighted by Gasteiger charge is -2.28. The first kappa shape index (κ1) is 19.2. The molecule has 3 rings (SSSR count). The Morgan fingerprint density at radius 2 is 1.73 bits per heavy atom. The minimum Gasteiger partial charge on any atom is -0.444 e. The monoisotopic (exact) mass is 375 g/mol. The van der Waals surface area contributed by atoms with Gasteiger partial charge >= 0.3 is 0 Å². The first-order chi connectivity index (χ1) is 12.4. The molecule has 1 heterocycles. The number of sulfone groups is 1. The standard InChI is InChI=1S/C21H29NO3S/c1-16(2)26(23,24)14-19-7-5-17(6-8-19)3-4-18-9-11-20(12-10-18)21-13-22-15-25-21/h9-13,15-17,19H,3-8,14H2,1-2H3. The van der Waals surface area contributed by atoms with Crippen molar-refractivity contribution in [3.63, 3.8) is 0 Å². The molecular formula is C21H29NO3S. The maximum Gasteiger partial charge on any atom is 0.181 e. The van der Waals surface area contributed by atoms with Gasteiger partial charge < -0.3 is 4.42 Å². The van der Waals surface area contributed by atoms with Gasteiger partial charge in [-0.25, -0.2) is 13.4 Å². The molecule has 0 aliphatic heterocycles. The summed E-state index contributed by atoms with van der Waals surface area (Å²) >= 11 is 0. The van der Waals surface area contributed by atoms with E-state index in [0.717, 1.165) is 49.3 Å². The first-order valence-electron chi connectivity index (χ1n) is 9.63. The number of oxazole rings is 1. The van der Waals surface area contributed by atoms with Crippen LogP contribution in [-0.4, -0.2) is 24.4 Å². The Bertz CT molecular complexity index is 771. The number of hydrogen-bond acceptors (Lipinski definition) is 4. The molecule has 0 bridgehead atoms. The zero-order valence-corrected chi connectivity index (χ0v) is 16.5. The third kappa shape index (κ3) is 4.97. The molecule has 1 aromatic carbocycles. The molecule has 26 heavy (non-hydrogen) atoms. The second-order valence-corrected chi connectivity index (χ2v) is 10.5. The molecule has 2 aromatic rings. The lowest BCUT2D eigenvalue weighted by Crippen LogP contribution is -2.26. The zero-order chi connectivity index (χ0) is 18.6. The molecule has 0 spiro atoms. The van der Waals surface area contributed by atoms with E-state index in [9.17, 15) is 8.42 Å². The summed E-state index contributed by atoms with van der Waals surface area (Å²) in [6.07, 6.45) is 9.88. The van der Waals surface area contributed by atoms with Gasteiger partial charge in [0.25, 0.3) is 0 Å². The van der Waals surface area contributed by atoms with Gasteiger partial charge in [0.1, 0.15) is 0 Å². The largest absolute Gasteiger partial charge is 0.444 e. The van der Waals surface area contributed by atoms with Crippen LogP contribution in [0.2, 0.25) is 0 Å². The minimum absolute atomic E-state index is 0.250. The van der Waals surface area contributed by atoms with Gasteiger partial charge in [-0.1, -0.05) is 37.1 Å². The molecule has 0 saturated heterocycles. The molecule has 0 amide bonds. The number of rotatable bonds is 7. The second kappa shape index (κ2) is 8.38. The minimum atomic E-state index is -2.91. The van der Waals surface area contributed by atoms with Gasteiger partial charge in [0.05, 0.1) is 17.2 Å². The highest BCUT2D eigenvalue weighted by Crippen LogP contribution is 2.33. The molecule has 0 N–H and O–H groups in total. The number of nitrogens with zero attached hydrogens (tertiary/aromatic N) is 1. The van der Waals surface area contributed by atoms with Crippen molar-refractivity contribution in [1.29, 1.82) is 0 Å². The fourth-order valence-corrected chi connectivity index (χ4v) is 5.15. The van der Waals surface area contributed by atoms with E-state index in [-0.39, 0.29) is 5.25 Å². The normalized spacial score (nSPS) is 21.2. The van der Waals surface area contributed by atoms with Crippen molar-refractivity contribution in [2.24, 2.45) is 11.8 Å². The number of aryl methyl sites for hydroxylation is 1. The Morgan fingerprint density at radius 1 is 1.08 bits per heavy atom. The van der Waals surface area contributed by atoms with E-state index >= 15 is 0 Å². The van der Waals surface area contributed by atoms with Crippen LogP contribution >= 0.6 is 0 Å². The van der Waals surface area contributed by atoms with E-state index in [0.29, 0.717) is 11.7 Å². The van der Waals surface area contributed by atoms with E-state index in [1.54, 1.807) is 20.0 Å². The average molecular weight is 376 g/mol. The van der Waals surface area contributed by atoms with Gasteiger partial charge in [0.2, 0.25) is 0 Å². The van der Waals surface area contributed by atoms with E-state index in [1.807, 2.05) is 0 Å². The van der Waals surface area contributed by atoms with Crippen molar-refractivity contribution in [2.45, 2.75) is 57.6 Å². The van der Waals surface area contributed by atoms with Crippen LogP contribution in [0.5, 0.6) is 0 Å². The molecular weight excluding hydrogens is 346 g/mol. The van der Waals surface area contributed by atoms with Crippen molar-refractivity contribution in [3.8, 4) is 11.3 Å². The van der Waals surface area contributed by atoms with Gasteiger partial charge in [0.15, 0.2) is 22.0 Å². The Hall–Kier alpha value is -1.62. The van der Waals surface area contributed by atoms with Gasteiger partial charge in [0, 0.05) is 5.56 Å².